The maximum Gasteiger partial charge on any atom is 0.280 e. The van der Waals surface area contributed by atoms with E-state index in [9.17, 15) is 4.79 Å². The Bertz CT molecular complexity index is 722. The molecule has 2 aromatic heterocycles. The molecular formula is C16H16N4OS. The molecule has 0 bridgehead atoms. The molecule has 3 rings (SSSR count). The van der Waals surface area contributed by atoms with Gasteiger partial charge in [-0.25, -0.2) is 9.97 Å². The van der Waals surface area contributed by atoms with Gasteiger partial charge in [0.25, 0.3) is 5.91 Å². The standard InChI is InChI=1S/C16H16N4OS/c21-15(18-7-4-9-20-10-8-17-12-20)16-19-11-14(22-16)13-5-2-1-3-6-13/h1-3,5-6,8,10-12H,4,7,9H2,(H,18,21). The Balaban J connectivity index is 1.51. The van der Waals surface area contributed by atoms with Gasteiger partial charge in [0.05, 0.1) is 11.2 Å². The predicted octanol–water partition coefficient (Wildman–Crippen LogP) is 2.83. The second-order valence-corrected chi connectivity index (χ2v) is 5.84. The Hall–Kier alpha value is -2.47. The minimum Gasteiger partial charge on any atom is -0.350 e. The molecule has 0 atom stereocenters. The van der Waals surface area contributed by atoms with Gasteiger partial charge in [0.15, 0.2) is 5.01 Å². The second-order valence-electron chi connectivity index (χ2n) is 4.81. The number of nitrogens with zero attached hydrogens (tertiary/aromatic N) is 3. The first kappa shape index (κ1) is 14.5. The fourth-order valence-electron chi connectivity index (χ4n) is 2.07. The molecule has 0 fully saturated rings. The van der Waals surface area contributed by atoms with E-state index < -0.39 is 0 Å². The van der Waals surface area contributed by atoms with Gasteiger partial charge in [0.2, 0.25) is 0 Å². The Labute approximate surface area is 132 Å². The van der Waals surface area contributed by atoms with Crippen LogP contribution >= 0.6 is 11.3 Å². The van der Waals surface area contributed by atoms with E-state index in [1.54, 1.807) is 18.7 Å². The third-order valence-corrected chi connectivity index (χ3v) is 4.24. The zero-order valence-electron chi connectivity index (χ0n) is 12.0. The molecule has 3 aromatic rings. The SMILES string of the molecule is O=C(NCCCn1ccnc1)c1ncc(-c2ccccc2)s1. The highest BCUT2D eigenvalue weighted by Crippen LogP contribution is 2.25. The summed E-state index contributed by atoms with van der Waals surface area (Å²) < 4.78 is 1.99. The maximum atomic E-state index is 12.1. The minimum atomic E-state index is -0.113. The normalized spacial score (nSPS) is 10.5. The first-order valence-electron chi connectivity index (χ1n) is 7.08. The van der Waals surface area contributed by atoms with Crippen molar-refractivity contribution in [1.82, 2.24) is 19.9 Å². The summed E-state index contributed by atoms with van der Waals surface area (Å²) in [5.41, 5.74) is 1.08. The number of aromatic nitrogens is 3. The summed E-state index contributed by atoms with van der Waals surface area (Å²) in [6.45, 7) is 1.46. The Morgan fingerprint density at radius 2 is 2.14 bits per heavy atom. The number of hydrogen-bond acceptors (Lipinski definition) is 4. The Kier molecular flexibility index (Phi) is 4.60. The lowest BCUT2D eigenvalue weighted by atomic mass is 10.2. The number of benzene rings is 1. The molecule has 0 aliphatic rings. The van der Waals surface area contributed by atoms with E-state index in [0.29, 0.717) is 11.6 Å². The zero-order chi connectivity index (χ0) is 15.2. The van der Waals surface area contributed by atoms with Crippen molar-refractivity contribution in [3.63, 3.8) is 0 Å². The summed E-state index contributed by atoms with van der Waals surface area (Å²) in [6.07, 6.45) is 8.04. The number of rotatable bonds is 6. The fourth-order valence-corrected chi connectivity index (χ4v) is 2.91. The molecule has 0 saturated heterocycles. The van der Waals surface area contributed by atoms with E-state index in [1.165, 1.54) is 11.3 Å². The molecule has 0 aliphatic heterocycles. The second kappa shape index (κ2) is 7.00. The fraction of sp³-hybridized carbons (Fsp3) is 0.188. The first-order chi connectivity index (χ1) is 10.8. The van der Waals surface area contributed by atoms with Crippen LogP contribution in [0.3, 0.4) is 0 Å². The number of amides is 1. The number of nitrogens with one attached hydrogen (secondary N) is 1. The molecule has 0 aliphatic carbocycles. The molecule has 6 heteroatoms. The van der Waals surface area contributed by atoms with Crippen molar-refractivity contribution in [3.8, 4) is 10.4 Å². The van der Waals surface area contributed by atoms with Crippen LogP contribution in [-0.2, 0) is 6.54 Å². The Morgan fingerprint density at radius 1 is 1.27 bits per heavy atom. The van der Waals surface area contributed by atoms with Crippen LogP contribution in [0.5, 0.6) is 0 Å². The number of aryl methyl sites for hydroxylation is 1. The van der Waals surface area contributed by atoms with Crippen molar-refractivity contribution < 1.29 is 4.79 Å². The molecule has 0 saturated carbocycles. The topological polar surface area (TPSA) is 59.8 Å². The van der Waals surface area contributed by atoms with Gasteiger partial charge >= 0.3 is 0 Å². The van der Waals surface area contributed by atoms with Gasteiger partial charge in [0.1, 0.15) is 0 Å². The van der Waals surface area contributed by atoms with Crippen molar-refractivity contribution in [3.05, 3.63) is 60.3 Å². The maximum absolute atomic E-state index is 12.1. The molecule has 1 N–H and O–H groups in total. The summed E-state index contributed by atoms with van der Waals surface area (Å²) in [5.74, 6) is -0.113. The van der Waals surface area contributed by atoms with Gasteiger partial charge in [-0.2, -0.15) is 0 Å². The highest BCUT2D eigenvalue weighted by molar-refractivity contribution is 7.16. The van der Waals surface area contributed by atoms with Gasteiger partial charge in [-0.15, -0.1) is 11.3 Å². The van der Waals surface area contributed by atoms with Crippen LogP contribution in [0.2, 0.25) is 0 Å². The lowest BCUT2D eigenvalue weighted by molar-refractivity contribution is 0.0952. The third kappa shape index (κ3) is 3.59. The van der Waals surface area contributed by atoms with Crippen LogP contribution < -0.4 is 5.32 Å². The summed E-state index contributed by atoms with van der Waals surface area (Å²) in [6, 6.07) is 9.95. The van der Waals surface area contributed by atoms with Crippen molar-refractivity contribution in [2.24, 2.45) is 0 Å². The molecule has 112 valence electrons. The summed E-state index contributed by atoms with van der Waals surface area (Å²) in [5, 5.41) is 3.40. The van der Waals surface area contributed by atoms with Crippen molar-refractivity contribution in [1.29, 1.82) is 0 Å². The van der Waals surface area contributed by atoms with E-state index in [0.717, 1.165) is 23.4 Å². The Morgan fingerprint density at radius 3 is 2.91 bits per heavy atom. The van der Waals surface area contributed by atoms with Gasteiger partial charge in [-0.1, -0.05) is 30.3 Å². The van der Waals surface area contributed by atoms with Gasteiger partial charge in [0, 0.05) is 31.7 Å². The highest BCUT2D eigenvalue weighted by Gasteiger charge is 2.11. The van der Waals surface area contributed by atoms with Crippen molar-refractivity contribution in [2.45, 2.75) is 13.0 Å². The minimum absolute atomic E-state index is 0.113. The first-order valence-corrected chi connectivity index (χ1v) is 7.90. The molecule has 1 amide bonds. The predicted molar refractivity (Wildman–Crippen MR) is 86.7 cm³/mol. The van der Waals surface area contributed by atoms with E-state index in [2.05, 4.69) is 15.3 Å². The molecule has 2 heterocycles. The number of thiazole rings is 1. The summed E-state index contributed by atoms with van der Waals surface area (Å²) in [7, 11) is 0. The number of hydrogen-bond donors (Lipinski definition) is 1. The van der Waals surface area contributed by atoms with E-state index in [1.807, 2.05) is 41.1 Å². The van der Waals surface area contributed by atoms with Crippen molar-refractivity contribution >= 4 is 17.2 Å². The largest absolute Gasteiger partial charge is 0.350 e. The van der Waals surface area contributed by atoms with Crippen LogP contribution in [0.4, 0.5) is 0 Å². The van der Waals surface area contributed by atoms with E-state index in [4.69, 9.17) is 0 Å². The smallest absolute Gasteiger partial charge is 0.280 e. The van der Waals surface area contributed by atoms with Crippen LogP contribution in [0.25, 0.3) is 10.4 Å². The number of imidazole rings is 1. The van der Waals surface area contributed by atoms with Crippen LogP contribution in [0, 0.1) is 0 Å². The molecule has 1 aromatic carbocycles. The third-order valence-electron chi connectivity index (χ3n) is 3.20. The van der Waals surface area contributed by atoms with E-state index in [-0.39, 0.29) is 5.91 Å². The van der Waals surface area contributed by atoms with Gasteiger partial charge in [-0.3, -0.25) is 4.79 Å². The zero-order valence-corrected chi connectivity index (χ0v) is 12.8. The highest BCUT2D eigenvalue weighted by atomic mass is 32.1. The average Bonchev–Trinajstić information content (AvgIpc) is 3.24. The number of carbonyl (C=O) groups excluding carboxylic acids is 1. The van der Waals surface area contributed by atoms with Gasteiger partial charge < -0.3 is 9.88 Å². The average molecular weight is 312 g/mol. The molecule has 0 spiro atoms. The molecule has 5 nitrogen and oxygen atoms in total. The van der Waals surface area contributed by atoms with E-state index >= 15 is 0 Å². The van der Waals surface area contributed by atoms with Crippen LogP contribution in [0.15, 0.2) is 55.2 Å². The molecule has 0 unspecified atom stereocenters. The lowest BCUT2D eigenvalue weighted by Gasteiger charge is -2.03. The summed E-state index contributed by atoms with van der Waals surface area (Å²) >= 11 is 1.41. The van der Waals surface area contributed by atoms with Gasteiger partial charge in [-0.05, 0) is 12.0 Å². The molecule has 0 radical (unpaired) electrons. The molecular weight excluding hydrogens is 296 g/mol. The lowest BCUT2D eigenvalue weighted by Crippen LogP contribution is -2.24. The van der Waals surface area contributed by atoms with Crippen molar-refractivity contribution in [2.75, 3.05) is 6.54 Å². The molecule has 22 heavy (non-hydrogen) atoms. The monoisotopic (exact) mass is 312 g/mol. The van der Waals surface area contributed by atoms with Crippen LogP contribution in [0.1, 0.15) is 16.2 Å². The van der Waals surface area contributed by atoms with Crippen LogP contribution in [-0.4, -0.2) is 27.0 Å². The quantitative estimate of drug-likeness (QED) is 0.712. The number of carbonyl (C=O) groups is 1. The summed E-state index contributed by atoms with van der Waals surface area (Å²) in [4.78, 5) is 21.3.